The molecule has 7 heavy (non-hydrogen) atoms. The molecule has 0 spiro atoms. The quantitative estimate of drug-likeness (QED) is 0.348. The molecule has 0 aromatic heterocycles. The fourth-order valence-corrected chi connectivity index (χ4v) is 0. The molecule has 0 saturated heterocycles. The fourth-order valence-electron chi connectivity index (χ4n) is 0. The van der Waals surface area contributed by atoms with E-state index in [4.69, 9.17) is 14.0 Å². The molecule has 0 aliphatic heterocycles. The first kappa shape index (κ1) is 11.6. The molecule has 0 aromatic carbocycles. The van der Waals surface area contributed by atoms with Gasteiger partial charge in [-0.15, -0.1) is 0 Å². The standard InChI is InChI=1S/BClO4.K.H/c1-6-2(3,4)5;;/q;+1;-1. The van der Waals surface area contributed by atoms with Crippen LogP contribution in [0.2, 0.25) is 0 Å². The minimum Gasteiger partial charge on any atom is -1.00 e. The van der Waals surface area contributed by atoms with E-state index in [1.165, 1.54) is 0 Å². The van der Waals surface area contributed by atoms with Crippen molar-refractivity contribution in [2.24, 2.45) is 0 Å². The van der Waals surface area contributed by atoms with Crippen LogP contribution in [0.15, 0.2) is 0 Å². The van der Waals surface area contributed by atoms with Crippen molar-refractivity contribution in [3.63, 3.8) is 0 Å². The molecule has 0 fully saturated rings. The largest absolute Gasteiger partial charge is 1.00 e. The molecule has 0 aromatic rings. The Morgan fingerprint density at radius 2 is 1.57 bits per heavy atom. The molecule has 4 nitrogen and oxygen atoms in total. The molecule has 0 N–H and O–H groups in total. The third-order valence-electron chi connectivity index (χ3n) is 0.109. The van der Waals surface area contributed by atoms with Crippen molar-refractivity contribution in [2.45, 2.75) is 0 Å². The van der Waals surface area contributed by atoms with E-state index in [-0.39, 0.29) is 52.8 Å². The summed E-state index contributed by atoms with van der Waals surface area (Å²) in [7, 11) is -0.507. The van der Waals surface area contributed by atoms with Crippen LogP contribution < -0.4 is 65.4 Å². The summed E-state index contributed by atoms with van der Waals surface area (Å²) in [5.41, 5.74) is 0. The van der Waals surface area contributed by atoms with Crippen LogP contribution in [-0.4, -0.2) is 8.05 Å². The van der Waals surface area contributed by atoms with Gasteiger partial charge < -0.3 is 1.43 Å². The normalized spacial score (nSPS) is 10.1. The van der Waals surface area contributed by atoms with Crippen LogP contribution >= 0.6 is 0 Å². The van der Waals surface area contributed by atoms with Crippen molar-refractivity contribution < 1.29 is 81.2 Å². The van der Waals surface area contributed by atoms with Gasteiger partial charge in [0.15, 0.2) is 0 Å². The van der Waals surface area contributed by atoms with E-state index in [9.17, 15) is 0 Å². The third kappa shape index (κ3) is 11.4. The summed E-state index contributed by atoms with van der Waals surface area (Å²) in [4.78, 5) is 0. The zero-order valence-corrected chi connectivity index (χ0v) is 7.47. The van der Waals surface area contributed by atoms with Crippen molar-refractivity contribution in [2.75, 3.05) is 0 Å². The first-order valence-electron chi connectivity index (χ1n) is 0.853. The van der Waals surface area contributed by atoms with E-state index in [1.807, 2.05) is 0 Å². The zero-order chi connectivity index (χ0) is 5.21. The molecule has 36 valence electrons. The number of rotatable bonds is 1. The number of halogens is 1. The van der Waals surface area contributed by atoms with Gasteiger partial charge in [0.1, 0.15) is 0 Å². The summed E-state index contributed by atoms with van der Waals surface area (Å²) in [6, 6.07) is 0. The summed E-state index contributed by atoms with van der Waals surface area (Å²) >= 11 is 0. The molecular formula is HBClKO4. The molecule has 0 rings (SSSR count). The first-order chi connectivity index (χ1) is 2.56. The van der Waals surface area contributed by atoms with E-state index < -0.39 is 10.2 Å². The molecule has 0 amide bonds. The van der Waals surface area contributed by atoms with Gasteiger partial charge in [-0.05, 0) is 4.21 Å². The van der Waals surface area contributed by atoms with Crippen molar-refractivity contribution in [3.05, 3.63) is 0 Å². The molecule has 0 bridgehead atoms. The van der Waals surface area contributed by atoms with Crippen LogP contribution in [-0.2, 0) is 4.21 Å². The van der Waals surface area contributed by atoms with Gasteiger partial charge in [-0.3, -0.25) is 0 Å². The van der Waals surface area contributed by atoms with Crippen LogP contribution in [0.3, 0.4) is 0 Å². The Bertz CT molecular complexity index is 45.8. The molecule has 2 radical (unpaired) electrons. The second-order valence-corrected chi connectivity index (χ2v) is 1.40. The molecule has 0 aliphatic carbocycles. The molecule has 0 aliphatic rings. The summed E-state index contributed by atoms with van der Waals surface area (Å²) in [6.07, 6.45) is 0. The van der Waals surface area contributed by atoms with Gasteiger partial charge in [0.2, 0.25) is 0 Å². The summed E-state index contributed by atoms with van der Waals surface area (Å²) in [6.45, 7) is 0. The monoisotopic (exact) mass is 150 g/mol. The Kier molecular flexibility index (Phi) is 7.77. The molecule has 0 atom stereocenters. The van der Waals surface area contributed by atoms with E-state index in [0.717, 1.165) is 0 Å². The SMILES string of the molecule is [B]O[Cl+3]([O-])([O-])[O-].[H-].[K+]. The van der Waals surface area contributed by atoms with Crippen LogP contribution in [0.25, 0.3) is 0 Å². The third-order valence-corrected chi connectivity index (χ3v) is 0.327. The van der Waals surface area contributed by atoms with Gasteiger partial charge in [-0.25, -0.2) is 0 Å². The van der Waals surface area contributed by atoms with Gasteiger partial charge in [-0.2, -0.15) is 14.0 Å². The van der Waals surface area contributed by atoms with Crippen LogP contribution in [0, 0.1) is 10.2 Å². The van der Waals surface area contributed by atoms with Crippen molar-refractivity contribution in [1.82, 2.24) is 0 Å². The Labute approximate surface area is 87.9 Å². The summed E-state index contributed by atoms with van der Waals surface area (Å²) in [5, 5.41) is 0. The maximum atomic E-state index is 9.07. The minimum absolute atomic E-state index is 0. The minimum atomic E-state index is -4.40. The van der Waals surface area contributed by atoms with Crippen molar-refractivity contribution >= 4 is 8.05 Å². The van der Waals surface area contributed by atoms with Gasteiger partial charge in [-0.1, -0.05) is 0 Å². The van der Waals surface area contributed by atoms with Crippen molar-refractivity contribution in [1.29, 1.82) is 0 Å². The predicted molar refractivity (Wildman–Crippen MR) is 7.95 cm³/mol. The van der Waals surface area contributed by atoms with Crippen LogP contribution in [0.4, 0.5) is 0 Å². The number of hydrogen-bond acceptors (Lipinski definition) is 4. The Balaban J connectivity index is -0.000000125. The molecular weight excluding hydrogens is 149 g/mol. The maximum absolute atomic E-state index is 9.07. The Morgan fingerprint density at radius 1 is 1.43 bits per heavy atom. The van der Waals surface area contributed by atoms with Gasteiger partial charge in [0.25, 0.3) is 0 Å². The van der Waals surface area contributed by atoms with Crippen LogP contribution in [0.5, 0.6) is 0 Å². The summed E-state index contributed by atoms with van der Waals surface area (Å²) < 4.78 is 30.0. The molecule has 7 heteroatoms. The van der Waals surface area contributed by atoms with Crippen LogP contribution in [0.1, 0.15) is 1.43 Å². The maximum Gasteiger partial charge on any atom is 1.00 e. The average molecular weight is 150 g/mol. The number of hydrogen-bond donors (Lipinski definition) is 0. The topological polar surface area (TPSA) is 78.4 Å². The Hall–Kier alpha value is 1.83. The molecule has 0 unspecified atom stereocenters. The van der Waals surface area contributed by atoms with Crippen molar-refractivity contribution in [3.8, 4) is 0 Å². The fraction of sp³-hybridized carbons (Fsp3) is 0. The second kappa shape index (κ2) is 4.69. The average Bonchev–Trinajstić information content (AvgIpc) is 1.35. The second-order valence-electron chi connectivity index (χ2n) is 0.467. The smallest absolute Gasteiger partial charge is 1.00 e. The van der Waals surface area contributed by atoms with E-state index in [1.54, 1.807) is 0 Å². The van der Waals surface area contributed by atoms with E-state index in [2.05, 4.69) is 12.3 Å². The van der Waals surface area contributed by atoms with Gasteiger partial charge >= 0.3 is 59.4 Å². The summed E-state index contributed by atoms with van der Waals surface area (Å²) in [5.74, 6) is 0. The Morgan fingerprint density at radius 3 is 1.57 bits per heavy atom. The van der Waals surface area contributed by atoms with E-state index >= 15 is 0 Å². The zero-order valence-electron chi connectivity index (χ0n) is 4.59. The first-order valence-corrected chi connectivity index (χ1v) is 2.09. The van der Waals surface area contributed by atoms with Gasteiger partial charge in [0, 0.05) is 0 Å². The predicted octanol–water partition coefficient (Wildman–Crippen LogP) is -6.90. The van der Waals surface area contributed by atoms with E-state index in [0.29, 0.717) is 0 Å². The molecule has 0 saturated carbocycles. The molecule has 0 heterocycles. The van der Waals surface area contributed by atoms with Gasteiger partial charge in [0.05, 0.1) is 10.2 Å².